The van der Waals surface area contributed by atoms with Crippen molar-refractivity contribution < 1.29 is 13.2 Å². The van der Waals surface area contributed by atoms with E-state index in [4.69, 9.17) is 11.6 Å². The normalized spacial score (nSPS) is 17.3. The summed E-state index contributed by atoms with van der Waals surface area (Å²) in [5.41, 5.74) is 0.334. The number of nitrogens with zero attached hydrogens (tertiary/aromatic N) is 1. The average Bonchev–Trinajstić information content (AvgIpc) is 2.91. The predicted octanol–water partition coefficient (Wildman–Crippen LogP) is 4.46. The van der Waals surface area contributed by atoms with E-state index in [0.29, 0.717) is 23.0 Å². The number of thiophene rings is 1. The number of hydrogen-bond donors (Lipinski definition) is 1. The Morgan fingerprint density at radius 3 is 2.48 bits per heavy atom. The van der Waals surface area contributed by atoms with Gasteiger partial charge in [-0.2, -0.15) is 4.31 Å². The van der Waals surface area contributed by atoms with E-state index in [0.717, 1.165) is 30.6 Å². The van der Waals surface area contributed by atoms with E-state index in [1.165, 1.54) is 21.7 Å². The maximum atomic E-state index is 12.9. The number of amides is 1. The van der Waals surface area contributed by atoms with Gasteiger partial charge in [0, 0.05) is 23.5 Å². The lowest BCUT2D eigenvalue weighted by Gasteiger charge is -2.20. The molecule has 0 aliphatic carbocycles. The Morgan fingerprint density at radius 2 is 1.85 bits per heavy atom. The molecule has 2 aromatic rings. The number of carbonyl (C=O) groups excluding carboxylic acids is 1. The van der Waals surface area contributed by atoms with E-state index < -0.39 is 10.0 Å². The first-order valence-corrected chi connectivity index (χ1v) is 11.7. The molecule has 0 saturated carbocycles. The zero-order chi connectivity index (χ0) is 19.4. The molecule has 1 atom stereocenters. The number of carbonyl (C=O) groups is 1. The largest absolute Gasteiger partial charge is 0.345 e. The van der Waals surface area contributed by atoms with Crippen LogP contribution in [0.25, 0.3) is 0 Å². The lowest BCUT2D eigenvalue weighted by molar-refractivity contribution is 0.0940. The minimum absolute atomic E-state index is 0.170. The summed E-state index contributed by atoms with van der Waals surface area (Å²) in [4.78, 5) is 13.7. The van der Waals surface area contributed by atoms with Crippen LogP contribution in [0, 0.1) is 0 Å². The molecule has 27 heavy (non-hydrogen) atoms. The van der Waals surface area contributed by atoms with Gasteiger partial charge in [0.15, 0.2) is 0 Å². The lowest BCUT2D eigenvalue weighted by atomic mass is 10.2. The van der Waals surface area contributed by atoms with Gasteiger partial charge in [-0.1, -0.05) is 30.5 Å². The minimum Gasteiger partial charge on any atom is -0.345 e. The van der Waals surface area contributed by atoms with Crippen molar-refractivity contribution in [1.82, 2.24) is 9.62 Å². The molecule has 3 rings (SSSR count). The standard InChI is InChI=1S/C19H23ClN2O3S2/c1-14(17-9-10-18(20)26-17)21-19(23)15-7-6-8-16(13-15)27(24,25)22-11-4-2-3-5-12-22/h6-10,13-14H,2-5,11-12H2,1H3,(H,21,23). The van der Waals surface area contributed by atoms with E-state index in [-0.39, 0.29) is 16.8 Å². The molecule has 1 fully saturated rings. The van der Waals surface area contributed by atoms with Crippen LogP contribution < -0.4 is 5.32 Å². The molecule has 146 valence electrons. The molecule has 1 N–H and O–H groups in total. The highest BCUT2D eigenvalue weighted by Gasteiger charge is 2.26. The number of nitrogens with one attached hydrogen (secondary N) is 1. The van der Waals surface area contributed by atoms with Crippen molar-refractivity contribution in [2.75, 3.05) is 13.1 Å². The quantitative estimate of drug-likeness (QED) is 0.767. The number of hydrogen-bond acceptors (Lipinski definition) is 4. The first-order chi connectivity index (χ1) is 12.9. The van der Waals surface area contributed by atoms with E-state index >= 15 is 0 Å². The molecule has 1 saturated heterocycles. The van der Waals surface area contributed by atoms with Crippen LogP contribution in [0.3, 0.4) is 0 Å². The predicted molar refractivity (Wildman–Crippen MR) is 109 cm³/mol. The molecule has 1 amide bonds. The van der Waals surface area contributed by atoms with Crippen molar-refractivity contribution in [3.05, 3.63) is 51.2 Å². The first kappa shape index (κ1) is 20.3. The minimum atomic E-state index is -3.58. The average molecular weight is 427 g/mol. The molecule has 1 unspecified atom stereocenters. The Bertz CT molecular complexity index is 903. The fourth-order valence-electron chi connectivity index (χ4n) is 3.14. The summed E-state index contributed by atoms with van der Waals surface area (Å²) in [6, 6.07) is 9.72. The third-order valence-electron chi connectivity index (χ3n) is 4.67. The van der Waals surface area contributed by atoms with E-state index in [1.54, 1.807) is 24.3 Å². The monoisotopic (exact) mass is 426 g/mol. The van der Waals surface area contributed by atoms with Gasteiger partial charge in [0.25, 0.3) is 5.91 Å². The molecule has 1 aromatic heterocycles. The summed E-state index contributed by atoms with van der Waals surface area (Å²) in [6.45, 7) is 2.95. The van der Waals surface area contributed by atoms with Gasteiger partial charge in [-0.05, 0) is 50.1 Å². The van der Waals surface area contributed by atoms with Crippen LogP contribution in [0.15, 0.2) is 41.3 Å². The zero-order valence-electron chi connectivity index (χ0n) is 15.2. The fraction of sp³-hybridized carbons (Fsp3) is 0.421. The highest BCUT2D eigenvalue weighted by Crippen LogP contribution is 2.27. The van der Waals surface area contributed by atoms with Crippen LogP contribution in [-0.4, -0.2) is 31.7 Å². The van der Waals surface area contributed by atoms with Crippen molar-refractivity contribution in [3.8, 4) is 0 Å². The van der Waals surface area contributed by atoms with E-state index in [2.05, 4.69) is 5.32 Å². The van der Waals surface area contributed by atoms with Gasteiger partial charge in [0.05, 0.1) is 15.3 Å². The van der Waals surface area contributed by atoms with Crippen LogP contribution in [0.5, 0.6) is 0 Å². The maximum absolute atomic E-state index is 12.9. The zero-order valence-corrected chi connectivity index (χ0v) is 17.5. The number of rotatable bonds is 5. The second-order valence-corrected chi connectivity index (χ2v) is 10.4. The van der Waals surface area contributed by atoms with Crippen molar-refractivity contribution in [1.29, 1.82) is 0 Å². The molecule has 0 bridgehead atoms. The highest BCUT2D eigenvalue weighted by atomic mass is 35.5. The second-order valence-electron chi connectivity index (χ2n) is 6.68. The van der Waals surface area contributed by atoms with Gasteiger partial charge in [-0.25, -0.2) is 8.42 Å². The van der Waals surface area contributed by atoms with E-state index in [9.17, 15) is 13.2 Å². The lowest BCUT2D eigenvalue weighted by Crippen LogP contribution is -2.32. The second kappa shape index (κ2) is 8.73. The van der Waals surface area contributed by atoms with Gasteiger partial charge >= 0.3 is 0 Å². The van der Waals surface area contributed by atoms with Crippen LogP contribution >= 0.6 is 22.9 Å². The molecule has 0 spiro atoms. The summed E-state index contributed by atoms with van der Waals surface area (Å²) >= 11 is 7.36. The fourth-order valence-corrected chi connectivity index (χ4v) is 5.77. The molecule has 1 aliphatic heterocycles. The Kier molecular flexibility index (Phi) is 6.57. The Hall–Kier alpha value is -1.41. The van der Waals surface area contributed by atoms with Crippen LogP contribution in [0.2, 0.25) is 4.34 Å². The summed E-state index contributed by atoms with van der Waals surface area (Å²) in [5.74, 6) is -0.306. The molecule has 0 radical (unpaired) electrons. The highest BCUT2D eigenvalue weighted by molar-refractivity contribution is 7.89. The summed E-state index contributed by atoms with van der Waals surface area (Å²) in [7, 11) is -3.58. The number of benzene rings is 1. The Morgan fingerprint density at radius 1 is 1.15 bits per heavy atom. The first-order valence-electron chi connectivity index (χ1n) is 9.04. The third-order valence-corrected chi connectivity index (χ3v) is 7.98. The van der Waals surface area contributed by atoms with Gasteiger partial charge in [0.2, 0.25) is 10.0 Å². The number of sulfonamides is 1. The summed E-state index contributed by atoms with van der Waals surface area (Å²) in [5, 5.41) is 2.90. The molecule has 1 aromatic carbocycles. The van der Waals surface area contributed by atoms with Crippen LogP contribution in [0.4, 0.5) is 0 Å². The van der Waals surface area contributed by atoms with Crippen molar-refractivity contribution in [3.63, 3.8) is 0 Å². The van der Waals surface area contributed by atoms with Gasteiger partial charge in [0.1, 0.15) is 0 Å². The molecule has 8 heteroatoms. The molecular formula is C19H23ClN2O3S2. The van der Waals surface area contributed by atoms with Crippen LogP contribution in [0.1, 0.15) is 53.9 Å². The molecule has 5 nitrogen and oxygen atoms in total. The van der Waals surface area contributed by atoms with Gasteiger partial charge in [-0.15, -0.1) is 11.3 Å². The Balaban J connectivity index is 1.77. The van der Waals surface area contributed by atoms with Crippen molar-refractivity contribution in [2.24, 2.45) is 0 Å². The topological polar surface area (TPSA) is 66.5 Å². The van der Waals surface area contributed by atoms with E-state index in [1.807, 2.05) is 13.0 Å². The molecule has 2 heterocycles. The van der Waals surface area contributed by atoms with Crippen molar-refractivity contribution >= 4 is 38.9 Å². The third kappa shape index (κ3) is 4.90. The summed E-state index contributed by atoms with van der Waals surface area (Å²) < 4.78 is 28.1. The SMILES string of the molecule is CC(NC(=O)c1cccc(S(=O)(=O)N2CCCCCC2)c1)c1ccc(Cl)s1. The maximum Gasteiger partial charge on any atom is 0.251 e. The molecule has 1 aliphatic rings. The number of halogens is 1. The van der Waals surface area contributed by atoms with Crippen LogP contribution in [-0.2, 0) is 10.0 Å². The van der Waals surface area contributed by atoms with Gasteiger partial charge in [-0.3, -0.25) is 4.79 Å². The Labute approximate surface area is 169 Å². The smallest absolute Gasteiger partial charge is 0.251 e. The summed E-state index contributed by atoms with van der Waals surface area (Å²) in [6.07, 6.45) is 3.86. The van der Waals surface area contributed by atoms with Gasteiger partial charge < -0.3 is 5.32 Å². The van der Waals surface area contributed by atoms with Crippen molar-refractivity contribution in [2.45, 2.75) is 43.5 Å². The molecular weight excluding hydrogens is 404 g/mol.